The smallest absolute Gasteiger partial charge is 0.276 e. The second kappa shape index (κ2) is 7.97. The molecule has 3 aromatic rings. The van der Waals surface area contributed by atoms with Crippen molar-refractivity contribution >= 4 is 27.3 Å². The molecule has 0 aromatic carbocycles. The molecular weight excluding hydrogens is 426 g/mol. The average Bonchev–Trinajstić information content (AvgIpc) is 3.39. The minimum absolute atomic E-state index is 0.220. The molecule has 0 aliphatic carbocycles. The Hall–Kier alpha value is -2.50. The first-order valence-electron chi connectivity index (χ1n) is 9.59. The van der Waals surface area contributed by atoms with Gasteiger partial charge >= 0.3 is 0 Å². The third kappa shape index (κ3) is 3.68. The van der Waals surface area contributed by atoms with Crippen molar-refractivity contribution in [1.29, 1.82) is 0 Å². The van der Waals surface area contributed by atoms with Gasteiger partial charge in [-0.1, -0.05) is 11.2 Å². The van der Waals surface area contributed by atoms with Crippen molar-refractivity contribution in [2.45, 2.75) is 25.2 Å². The van der Waals surface area contributed by atoms with Gasteiger partial charge in [-0.15, -0.1) is 11.3 Å². The molecule has 30 heavy (non-hydrogen) atoms. The average molecular weight is 450 g/mol. The number of rotatable bonds is 4. The van der Waals surface area contributed by atoms with Crippen molar-refractivity contribution in [2.75, 3.05) is 26.2 Å². The van der Waals surface area contributed by atoms with E-state index in [1.54, 1.807) is 36.5 Å². The van der Waals surface area contributed by atoms with Crippen LogP contribution in [0.2, 0.25) is 0 Å². The molecule has 9 nitrogen and oxygen atoms in total. The van der Waals surface area contributed by atoms with Gasteiger partial charge in [0.1, 0.15) is 4.90 Å². The molecule has 3 aromatic heterocycles. The molecule has 1 amide bonds. The van der Waals surface area contributed by atoms with Gasteiger partial charge in [0.15, 0.2) is 11.5 Å². The zero-order valence-electron chi connectivity index (χ0n) is 17.0. The lowest BCUT2D eigenvalue weighted by Crippen LogP contribution is -2.37. The van der Waals surface area contributed by atoms with Crippen molar-refractivity contribution < 1.29 is 17.7 Å². The second-order valence-corrected chi connectivity index (χ2v) is 10.0. The minimum Gasteiger partial charge on any atom is -0.355 e. The van der Waals surface area contributed by atoms with Gasteiger partial charge < -0.3 is 9.42 Å². The molecule has 0 saturated carbocycles. The van der Waals surface area contributed by atoms with Crippen molar-refractivity contribution in [1.82, 2.24) is 24.1 Å². The van der Waals surface area contributed by atoms with Crippen molar-refractivity contribution in [2.24, 2.45) is 7.05 Å². The summed E-state index contributed by atoms with van der Waals surface area (Å²) in [6.45, 7) is 4.75. The Kier molecular flexibility index (Phi) is 5.51. The van der Waals surface area contributed by atoms with Crippen LogP contribution < -0.4 is 0 Å². The Morgan fingerprint density at radius 3 is 2.67 bits per heavy atom. The fourth-order valence-corrected chi connectivity index (χ4v) is 6.21. The number of aryl methyl sites for hydroxylation is 2. The fraction of sp³-hybridized carbons (Fsp3) is 0.421. The second-order valence-electron chi connectivity index (χ2n) is 7.23. The summed E-state index contributed by atoms with van der Waals surface area (Å²) in [5.41, 5.74) is 1.32. The van der Waals surface area contributed by atoms with Crippen molar-refractivity contribution in [3.63, 3.8) is 0 Å². The molecule has 1 saturated heterocycles. The lowest BCUT2D eigenvalue weighted by atomic mass is 10.3. The van der Waals surface area contributed by atoms with E-state index in [1.165, 1.54) is 15.6 Å². The fourth-order valence-electron chi connectivity index (χ4n) is 3.67. The maximum atomic E-state index is 13.2. The highest BCUT2D eigenvalue weighted by Gasteiger charge is 2.33. The maximum Gasteiger partial charge on any atom is 0.276 e. The third-order valence-corrected chi connectivity index (χ3v) is 8.31. The number of hydrogen-bond donors (Lipinski definition) is 0. The largest absolute Gasteiger partial charge is 0.355 e. The van der Waals surface area contributed by atoms with E-state index in [0.717, 1.165) is 4.88 Å². The van der Waals surface area contributed by atoms with E-state index in [-0.39, 0.29) is 29.6 Å². The van der Waals surface area contributed by atoms with Crippen LogP contribution in [0, 0.1) is 13.8 Å². The van der Waals surface area contributed by atoms with Crippen LogP contribution >= 0.6 is 11.3 Å². The minimum atomic E-state index is -3.69. The third-order valence-electron chi connectivity index (χ3n) is 5.28. The lowest BCUT2D eigenvalue weighted by Gasteiger charge is -2.21. The highest BCUT2D eigenvalue weighted by Crippen LogP contribution is 2.27. The van der Waals surface area contributed by atoms with E-state index in [4.69, 9.17) is 4.52 Å². The number of thiophene rings is 1. The summed E-state index contributed by atoms with van der Waals surface area (Å²) in [6, 6.07) is 5.44. The van der Waals surface area contributed by atoms with Crippen molar-refractivity contribution in [3.8, 4) is 10.6 Å². The number of aromatic nitrogens is 3. The molecule has 1 aliphatic rings. The first kappa shape index (κ1) is 20.8. The Bertz CT molecular complexity index is 1160. The molecule has 0 radical (unpaired) electrons. The number of hydrogen-bond acceptors (Lipinski definition) is 7. The molecule has 0 N–H and O–H groups in total. The zero-order valence-corrected chi connectivity index (χ0v) is 18.7. The normalized spacial score (nSPS) is 16.0. The van der Waals surface area contributed by atoms with Crippen LogP contribution in [0.1, 0.15) is 28.3 Å². The predicted molar refractivity (Wildman–Crippen MR) is 112 cm³/mol. The molecular formula is C19H23N5O4S2. The summed E-state index contributed by atoms with van der Waals surface area (Å²) in [7, 11) is -1.96. The van der Waals surface area contributed by atoms with Gasteiger partial charge in [0.25, 0.3) is 5.91 Å². The maximum absolute atomic E-state index is 13.2. The van der Waals surface area contributed by atoms with E-state index in [9.17, 15) is 13.2 Å². The molecule has 11 heteroatoms. The van der Waals surface area contributed by atoms with Gasteiger partial charge in [0, 0.05) is 39.3 Å². The molecule has 4 rings (SSSR count). The Morgan fingerprint density at radius 1 is 1.20 bits per heavy atom. The van der Waals surface area contributed by atoms with Crippen LogP contribution in [0.5, 0.6) is 0 Å². The highest BCUT2D eigenvalue weighted by molar-refractivity contribution is 7.89. The number of amides is 1. The lowest BCUT2D eigenvalue weighted by molar-refractivity contribution is 0.0754. The number of nitrogens with zero attached hydrogens (tertiary/aromatic N) is 5. The van der Waals surface area contributed by atoms with Crippen LogP contribution in [0.25, 0.3) is 10.6 Å². The quantitative estimate of drug-likeness (QED) is 0.606. The van der Waals surface area contributed by atoms with E-state index in [1.807, 2.05) is 17.5 Å². The monoisotopic (exact) mass is 449 g/mol. The predicted octanol–water partition coefficient (Wildman–Crippen LogP) is 2.29. The molecule has 1 fully saturated rings. The van der Waals surface area contributed by atoms with Gasteiger partial charge in [-0.05, 0) is 31.7 Å². The van der Waals surface area contributed by atoms with Crippen LogP contribution in [0.4, 0.5) is 0 Å². The number of carbonyl (C=O) groups excluding carboxylic acids is 1. The standard InChI is InChI=1S/C19H23N5O4S2/c1-13-18(14(2)22(3)20-13)30(26,27)24-8-5-7-23(9-10-24)19(25)15-12-16(28-21-15)17-6-4-11-29-17/h4,6,11-12H,5,7-10H2,1-3H3. The number of sulfonamides is 1. The molecule has 1 aliphatic heterocycles. The first-order chi connectivity index (χ1) is 14.3. The molecule has 0 atom stereocenters. The molecule has 160 valence electrons. The Morgan fingerprint density at radius 2 is 2.00 bits per heavy atom. The van der Waals surface area contributed by atoms with E-state index < -0.39 is 10.0 Å². The van der Waals surface area contributed by atoms with Crippen LogP contribution in [-0.4, -0.2) is 64.6 Å². The summed E-state index contributed by atoms with van der Waals surface area (Å²) in [5, 5.41) is 10.1. The van der Waals surface area contributed by atoms with Crippen molar-refractivity contribution in [3.05, 3.63) is 40.7 Å². The van der Waals surface area contributed by atoms with Gasteiger partial charge in [-0.3, -0.25) is 9.48 Å². The summed E-state index contributed by atoms with van der Waals surface area (Å²) >= 11 is 1.51. The van der Waals surface area contributed by atoms with Gasteiger partial charge in [0.05, 0.1) is 16.3 Å². The molecule has 0 spiro atoms. The molecule has 0 unspecified atom stereocenters. The zero-order chi connectivity index (χ0) is 21.5. The van der Waals surface area contributed by atoms with Crippen LogP contribution in [0.15, 0.2) is 33.0 Å². The van der Waals surface area contributed by atoms with Gasteiger partial charge in [0.2, 0.25) is 10.0 Å². The first-order valence-corrected chi connectivity index (χ1v) is 11.9. The Balaban J connectivity index is 1.49. The Labute approximate surface area is 178 Å². The molecule has 4 heterocycles. The summed E-state index contributed by atoms with van der Waals surface area (Å²) in [4.78, 5) is 15.7. The van der Waals surface area contributed by atoms with E-state index in [0.29, 0.717) is 36.7 Å². The van der Waals surface area contributed by atoms with Crippen LogP contribution in [-0.2, 0) is 17.1 Å². The molecule has 0 bridgehead atoms. The summed E-state index contributed by atoms with van der Waals surface area (Å²) in [6.07, 6.45) is 0.541. The number of carbonyl (C=O) groups is 1. The van der Waals surface area contributed by atoms with Gasteiger partial charge in [-0.25, -0.2) is 8.42 Å². The van der Waals surface area contributed by atoms with E-state index >= 15 is 0 Å². The summed E-state index contributed by atoms with van der Waals surface area (Å²) in [5.74, 6) is 0.296. The highest BCUT2D eigenvalue weighted by atomic mass is 32.2. The van der Waals surface area contributed by atoms with Crippen LogP contribution in [0.3, 0.4) is 0 Å². The van der Waals surface area contributed by atoms with Gasteiger partial charge in [-0.2, -0.15) is 9.40 Å². The van der Waals surface area contributed by atoms with E-state index in [2.05, 4.69) is 10.3 Å². The topological polar surface area (TPSA) is 102 Å². The SMILES string of the molecule is Cc1nn(C)c(C)c1S(=O)(=O)N1CCCN(C(=O)c2cc(-c3cccs3)on2)CC1. The summed E-state index contributed by atoms with van der Waals surface area (Å²) < 4.78 is 34.8.